The van der Waals surface area contributed by atoms with Crippen LogP contribution in [0, 0.1) is 0 Å². The predicted molar refractivity (Wildman–Crippen MR) is 65.1 cm³/mol. The second-order valence-electron chi connectivity index (χ2n) is 4.28. The first-order valence-corrected chi connectivity index (χ1v) is 5.51. The normalized spacial score (nSPS) is 12.8. The maximum Gasteiger partial charge on any atom is 0.0614 e. The van der Waals surface area contributed by atoms with Crippen LogP contribution in [0.2, 0.25) is 0 Å². The van der Waals surface area contributed by atoms with Crippen molar-refractivity contribution in [2.45, 2.75) is 38.7 Å². The molecule has 1 heteroatoms. The first kappa shape index (κ1) is 12.0. The van der Waals surface area contributed by atoms with E-state index in [4.69, 9.17) is 0 Å². The molecule has 1 unspecified atom stereocenters. The monoisotopic (exact) mass is 204 g/mol. The quantitative estimate of drug-likeness (QED) is 0.730. The Labute approximate surface area is 92.5 Å². The summed E-state index contributed by atoms with van der Waals surface area (Å²) in [6, 6.07) is 8.48. The van der Waals surface area contributed by atoms with E-state index < -0.39 is 0 Å². The summed E-state index contributed by atoms with van der Waals surface area (Å²) in [5.74, 6) is 0.567. The molecule has 0 saturated carbocycles. The largest absolute Gasteiger partial charge is 0.392 e. The van der Waals surface area contributed by atoms with Gasteiger partial charge in [-0.2, -0.15) is 0 Å². The van der Waals surface area contributed by atoms with Gasteiger partial charge in [0.15, 0.2) is 0 Å². The summed E-state index contributed by atoms with van der Waals surface area (Å²) in [6.07, 6.45) is 2.83. The van der Waals surface area contributed by atoms with Gasteiger partial charge in [-0.25, -0.2) is 0 Å². The second kappa shape index (κ2) is 5.72. The predicted octanol–water partition coefficient (Wildman–Crippen LogP) is 3.29. The smallest absolute Gasteiger partial charge is 0.0614 e. The van der Waals surface area contributed by atoms with Crippen LogP contribution < -0.4 is 0 Å². The lowest BCUT2D eigenvalue weighted by Gasteiger charge is -2.10. The summed E-state index contributed by atoms with van der Waals surface area (Å²) < 4.78 is 0. The summed E-state index contributed by atoms with van der Waals surface area (Å²) in [6.45, 7) is 7.98. The molecular formula is C14H20O. The van der Waals surface area contributed by atoms with Crippen LogP contribution in [-0.2, 0) is 6.42 Å². The van der Waals surface area contributed by atoms with Gasteiger partial charge in [0.05, 0.1) is 6.10 Å². The lowest BCUT2D eigenvalue weighted by atomic mass is 9.99. The van der Waals surface area contributed by atoms with Crippen LogP contribution in [0.5, 0.6) is 0 Å². The molecule has 1 N–H and O–H groups in total. The van der Waals surface area contributed by atoms with E-state index >= 15 is 0 Å². The Kier molecular flexibility index (Phi) is 4.57. The highest BCUT2D eigenvalue weighted by molar-refractivity contribution is 5.25. The third-order valence-corrected chi connectivity index (χ3v) is 2.56. The molecule has 1 aromatic carbocycles. The minimum absolute atomic E-state index is 0.299. The van der Waals surface area contributed by atoms with Crippen molar-refractivity contribution in [3.63, 3.8) is 0 Å². The van der Waals surface area contributed by atoms with Crippen molar-refractivity contribution < 1.29 is 5.11 Å². The fourth-order valence-corrected chi connectivity index (χ4v) is 1.59. The van der Waals surface area contributed by atoms with Crippen molar-refractivity contribution in [3.8, 4) is 0 Å². The van der Waals surface area contributed by atoms with Crippen LogP contribution >= 0.6 is 0 Å². The Bertz CT molecular complexity index is 298. The van der Waals surface area contributed by atoms with Gasteiger partial charge in [0.2, 0.25) is 0 Å². The minimum atomic E-state index is -0.299. The average molecular weight is 204 g/mol. The van der Waals surface area contributed by atoms with Gasteiger partial charge in [0, 0.05) is 0 Å². The first-order chi connectivity index (χ1) is 7.13. The first-order valence-electron chi connectivity index (χ1n) is 5.51. The summed E-state index contributed by atoms with van der Waals surface area (Å²) >= 11 is 0. The summed E-state index contributed by atoms with van der Waals surface area (Å²) in [5.41, 5.74) is 2.53. The van der Waals surface area contributed by atoms with Crippen molar-refractivity contribution in [2.24, 2.45) is 0 Å². The van der Waals surface area contributed by atoms with Crippen LogP contribution in [0.15, 0.2) is 36.9 Å². The molecular weight excluding hydrogens is 184 g/mol. The Morgan fingerprint density at radius 1 is 1.27 bits per heavy atom. The molecule has 1 atom stereocenters. The van der Waals surface area contributed by atoms with Gasteiger partial charge in [-0.1, -0.05) is 44.2 Å². The summed E-state index contributed by atoms with van der Waals surface area (Å²) in [7, 11) is 0. The zero-order valence-corrected chi connectivity index (χ0v) is 9.61. The highest BCUT2D eigenvalue weighted by Crippen LogP contribution is 2.15. The topological polar surface area (TPSA) is 20.2 Å². The van der Waals surface area contributed by atoms with Crippen LogP contribution in [0.4, 0.5) is 0 Å². The Morgan fingerprint density at radius 3 is 2.33 bits per heavy atom. The van der Waals surface area contributed by atoms with Gasteiger partial charge in [-0.05, 0) is 29.9 Å². The number of benzene rings is 1. The molecule has 1 rings (SSSR count). The number of hydrogen-bond donors (Lipinski definition) is 1. The molecule has 0 aromatic heterocycles. The van der Waals surface area contributed by atoms with Crippen molar-refractivity contribution in [2.75, 3.05) is 0 Å². The van der Waals surface area contributed by atoms with Crippen molar-refractivity contribution in [3.05, 3.63) is 48.0 Å². The van der Waals surface area contributed by atoms with Crippen molar-refractivity contribution in [1.29, 1.82) is 0 Å². The molecule has 0 amide bonds. The standard InChI is InChI=1S/C14H20O/c1-4-5-14(15)10-12-6-8-13(9-7-12)11(2)3/h4,6-9,11,14-15H,1,5,10H2,2-3H3. The van der Waals surface area contributed by atoms with Crippen LogP contribution in [0.3, 0.4) is 0 Å². The second-order valence-corrected chi connectivity index (χ2v) is 4.28. The van der Waals surface area contributed by atoms with Gasteiger partial charge < -0.3 is 5.11 Å². The molecule has 0 bridgehead atoms. The Balaban J connectivity index is 2.60. The zero-order chi connectivity index (χ0) is 11.3. The molecule has 82 valence electrons. The third kappa shape index (κ3) is 3.88. The van der Waals surface area contributed by atoms with E-state index in [1.165, 1.54) is 11.1 Å². The van der Waals surface area contributed by atoms with E-state index in [0.717, 1.165) is 0 Å². The Morgan fingerprint density at radius 2 is 1.87 bits per heavy atom. The van der Waals surface area contributed by atoms with E-state index in [2.05, 4.69) is 44.7 Å². The van der Waals surface area contributed by atoms with Gasteiger partial charge in [0.1, 0.15) is 0 Å². The van der Waals surface area contributed by atoms with Gasteiger partial charge in [-0.3, -0.25) is 0 Å². The lowest BCUT2D eigenvalue weighted by Crippen LogP contribution is -2.08. The van der Waals surface area contributed by atoms with Gasteiger partial charge >= 0.3 is 0 Å². The molecule has 0 saturated heterocycles. The van der Waals surface area contributed by atoms with Crippen LogP contribution in [0.1, 0.15) is 37.3 Å². The average Bonchev–Trinajstić information content (AvgIpc) is 2.18. The molecule has 0 aliphatic carbocycles. The molecule has 0 aliphatic heterocycles. The number of hydrogen-bond acceptors (Lipinski definition) is 1. The summed E-state index contributed by atoms with van der Waals surface area (Å²) in [5, 5.41) is 9.61. The molecule has 0 aliphatic rings. The van der Waals surface area contributed by atoms with E-state index in [0.29, 0.717) is 18.8 Å². The molecule has 0 fully saturated rings. The van der Waals surface area contributed by atoms with Crippen molar-refractivity contribution in [1.82, 2.24) is 0 Å². The fourth-order valence-electron chi connectivity index (χ4n) is 1.59. The SMILES string of the molecule is C=CCC(O)Cc1ccc(C(C)C)cc1. The molecule has 0 spiro atoms. The fraction of sp³-hybridized carbons (Fsp3) is 0.429. The number of aliphatic hydroxyl groups excluding tert-OH is 1. The number of aliphatic hydroxyl groups is 1. The van der Waals surface area contributed by atoms with Gasteiger partial charge in [0.25, 0.3) is 0 Å². The molecule has 0 heterocycles. The van der Waals surface area contributed by atoms with Gasteiger partial charge in [-0.15, -0.1) is 6.58 Å². The highest BCUT2D eigenvalue weighted by atomic mass is 16.3. The minimum Gasteiger partial charge on any atom is -0.392 e. The lowest BCUT2D eigenvalue weighted by molar-refractivity contribution is 0.178. The van der Waals surface area contributed by atoms with E-state index in [9.17, 15) is 5.11 Å². The number of rotatable bonds is 5. The zero-order valence-electron chi connectivity index (χ0n) is 9.61. The maximum absolute atomic E-state index is 9.61. The maximum atomic E-state index is 9.61. The molecule has 15 heavy (non-hydrogen) atoms. The van der Waals surface area contributed by atoms with E-state index in [1.807, 2.05) is 0 Å². The van der Waals surface area contributed by atoms with Crippen molar-refractivity contribution >= 4 is 0 Å². The Hall–Kier alpha value is -1.08. The third-order valence-electron chi connectivity index (χ3n) is 2.56. The van der Waals surface area contributed by atoms with Crippen LogP contribution in [-0.4, -0.2) is 11.2 Å². The summed E-state index contributed by atoms with van der Waals surface area (Å²) in [4.78, 5) is 0. The van der Waals surface area contributed by atoms with E-state index in [-0.39, 0.29) is 6.10 Å². The highest BCUT2D eigenvalue weighted by Gasteiger charge is 2.04. The molecule has 0 radical (unpaired) electrons. The molecule has 1 nitrogen and oxygen atoms in total. The molecule has 1 aromatic rings. The van der Waals surface area contributed by atoms with E-state index in [1.54, 1.807) is 6.08 Å². The van der Waals surface area contributed by atoms with Crippen LogP contribution in [0.25, 0.3) is 0 Å².